The van der Waals surface area contributed by atoms with Crippen molar-refractivity contribution >= 4 is 23.2 Å². The van der Waals surface area contributed by atoms with Crippen molar-refractivity contribution in [3.8, 4) is 0 Å². The molecule has 0 N–H and O–H groups in total. The molecule has 4 nitrogen and oxygen atoms in total. The lowest BCUT2D eigenvalue weighted by Gasteiger charge is -2.37. The van der Waals surface area contributed by atoms with E-state index in [2.05, 4.69) is 37.4 Å². The molecule has 1 unspecified atom stereocenters. The fourth-order valence-corrected chi connectivity index (χ4v) is 4.48. The molecule has 1 aromatic heterocycles. The van der Waals surface area contributed by atoms with Gasteiger partial charge >= 0.3 is 0 Å². The summed E-state index contributed by atoms with van der Waals surface area (Å²) in [5, 5.41) is 2.11. The van der Waals surface area contributed by atoms with E-state index in [-0.39, 0.29) is 24.4 Å². The Bertz CT molecular complexity index is 769. The smallest absolute Gasteiger partial charge is 0.242 e. The number of hydrogen-bond acceptors (Lipinski definition) is 3. The Labute approximate surface area is 159 Å². The highest BCUT2D eigenvalue weighted by atomic mass is 32.1. The van der Waals surface area contributed by atoms with Gasteiger partial charge in [0.25, 0.3) is 0 Å². The Hall–Kier alpha value is -2.14. The van der Waals surface area contributed by atoms with E-state index in [0.717, 1.165) is 12.0 Å². The molecule has 1 aromatic carbocycles. The van der Waals surface area contributed by atoms with Crippen molar-refractivity contribution in [3.05, 3.63) is 57.8 Å². The minimum absolute atomic E-state index is 0.0200. The Kier molecular flexibility index (Phi) is 5.77. The zero-order valence-electron chi connectivity index (χ0n) is 15.6. The van der Waals surface area contributed by atoms with Gasteiger partial charge < -0.3 is 9.80 Å². The van der Waals surface area contributed by atoms with E-state index in [1.54, 1.807) is 16.2 Å². The van der Waals surface area contributed by atoms with Gasteiger partial charge in [-0.1, -0.05) is 44.2 Å². The Balaban J connectivity index is 1.87. The second-order valence-corrected chi connectivity index (χ2v) is 8.24. The number of benzene rings is 1. The van der Waals surface area contributed by atoms with Crippen molar-refractivity contribution < 1.29 is 9.59 Å². The second kappa shape index (κ2) is 8.04. The van der Waals surface area contributed by atoms with E-state index in [1.807, 2.05) is 23.1 Å². The van der Waals surface area contributed by atoms with E-state index < -0.39 is 0 Å². The quantitative estimate of drug-likeness (QED) is 0.805. The number of carbonyl (C=O) groups is 2. The van der Waals surface area contributed by atoms with Crippen LogP contribution < -0.4 is 0 Å². The lowest BCUT2D eigenvalue weighted by atomic mass is 9.93. The Morgan fingerprint density at radius 3 is 2.62 bits per heavy atom. The van der Waals surface area contributed by atoms with Crippen molar-refractivity contribution in [2.45, 2.75) is 33.2 Å². The maximum absolute atomic E-state index is 13.1. The predicted octanol–water partition coefficient (Wildman–Crippen LogP) is 3.73. The third-order valence-corrected chi connectivity index (χ3v) is 5.76. The van der Waals surface area contributed by atoms with Crippen LogP contribution in [0.25, 0.3) is 0 Å². The first kappa shape index (κ1) is 18.6. The first-order chi connectivity index (χ1) is 12.5. The van der Waals surface area contributed by atoms with Crippen LogP contribution in [0.15, 0.2) is 41.8 Å². The van der Waals surface area contributed by atoms with E-state index in [4.69, 9.17) is 0 Å². The van der Waals surface area contributed by atoms with Gasteiger partial charge in [-0.25, -0.2) is 0 Å². The molecule has 138 valence electrons. The predicted molar refractivity (Wildman–Crippen MR) is 105 cm³/mol. The molecule has 0 radical (unpaired) electrons. The Morgan fingerprint density at radius 2 is 1.96 bits per heavy atom. The van der Waals surface area contributed by atoms with Crippen LogP contribution in [0.2, 0.25) is 0 Å². The summed E-state index contributed by atoms with van der Waals surface area (Å²) in [6, 6.07) is 12.2. The molecule has 0 fully saturated rings. The van der Waals surface area contributed by atoms with Crippen molar-refractivity contribution in [2.75, 3.05) is 19.6 Å². The molecule has 3 rings (SSSR count). The number of rotatable bonds is 5. The number of carbonyl (C=O) groups excluding carboxylic acids is 2. The molecule has 1 aliphatic heterocycles. The van der Waals surface area contributed by atoms with Gasteiger partial charge in [-0.3, -0.25) is 9.59 Å². The largest absolute Gasteiger partial charge is 0.333 e. The Morgan fingerprint density at radius 1 is 1.23 bits per heavy atom. The summed E-state index contributed by atoms with van der Waals surface area (Å²) < 4.78 is 0. The summed E-state index contributed by atoms with van der Waals surface area (Å²) in [6.07, 6.45) is 0.881. The monoisotopic (exact) mass is 370 g/mol. The average molecular weight is 371 g/mol. The number of thiophene rings is 1. The van der Waals surface area contributed by atoms with Crippen molar-refractivity contribution in [2.24, 2.45) is 5.92 Å². The molecule has 26 heavy (non-hydrogen) atoms. The summed E-state index contributed by atoms with van der Waals surface area (Å²) in [6.45, 7) is 7.11. The molecule has 0 aliphatic carbocycles. The summed E-state index contributed by atoms with van der Waals surface area (Å²) in [4.78, 5) is 30.1. The number of fused-ring (bicyclic) bond motifs is 1. The molecule has 0 bridgehead atoms. The van der Waals surface area contributed by atoms with Crippen molar-refractivity contribution in [1.82, 2.24) is 9.80 Å². The molecule has 2 amide bonds. The first-order valence-electron chi connectivity index (χ1n) is 9.13. The SMILES string of the molecule is CC(=O)N(CC(=O)N1CCc2sccc2C1c1ccccc1)CC(C)C. The highest BCUT2D eigenvalue weighted by molar-refractivity contribution is 7.10. The molecule has 5 heteroatoms. The van der Waals surface area contributed by atoms with Gasteiger partial charge in [-0.2, -0.15) is 0 Å². The van der Waals surface area contributed by atoms with Gasteiger partial charge in [0.1, 0.15) is 0 Å². The van der Waals surface area contributed by atoms with Gasteiger partial charge in [-0.15, -0.1) is 11.3 Å². The molecule has 1 atom stereocenters. The topological polar surface area (TPSA) is 40.6 Å². The lowest BCUT2D eigenvalue weighted by Crippen LogP contribution is -2.47. The maximum atomic E-state index is 13.1. The second-order valence-electron chi connectivity index (χ2n) is 7.24. The normalized spacial score (nSPS) is 16.5. The van der Waals surface area contributed by atoms with Gasteiger partial charge in [0.15, 0.2) is 0 Å². The van der Waals surface area contributed by atoms with Gasteiger partial charge in [0.2, 0.25) is 11.8 Å². The number of amides is 2. The van der Waals surface area contributed by atoms with Crippen LogP contribution in [-0.4, -0.2) is 41.2 Å². The van der Waals surface area contributed by atoms with Crippen LogP contribution in [0.4, 0.5) is 0 Å². The molecule has 2 heterocycles. The summed E-state index contributed by atoms with van der Waals surface area (Å²) in [5.41, 5.74) is 2.34. The lowest BCUT2D eigenvalue weighted by molar-refractivity contribution is -0.141. The van der Waals surface area contributed by atoms with Crippen LogP contribution in [0, 0.1) is 5.92 Å². The van der Waals surface area contributed by atoms with Crippen LogP contribution in [0.3, 0.4) is 0 Å². The van der Waals surface area contributed by atoms with E-state index in [1.165, 1.54) is 17.4 Å². The number of nitrogens with zero attached hydrogens (tertiary/aromatic N) is 2. The standard InChI is InChI=1S/C21H26N2O2S/c1-15(2)13-22(16(3)24)14-20(25)23-11-9-19-18(10-12-26-19)21(23)17-7-5-4-6-8-17/h4-8,10,12,15,21H,9,11,13-14H2,1-3H3. The summed E-state index contributed by atoms with van der Waals surface area (Å²) >= 11 is 1.76. The first-order valence-corrected chi connectivity index (χ1v) is 10.0. The molecular weight excluding hydrogens is 344 g/mol. The van der Waals surface area contributed by atoms with E-state index >= 15 is 0 Å². The maximum Gasteiger partial charge on any atom is 0.242 e. The minimum Gasteiger partial charge on any atom is -0.333 e. The van der Waals surface area contributed by atoms with Crippen molar-refractivity contribution in [3.63, 3.8) is 0 Å². The zero-order chi connectivity index (χ0) is 18.7. The number of hydrogen-bond donors (Lipinski definition) is 0. The summed E-state index contributed by atoms with van der Waals surface area (Å²) in [5.74, 6) is 0.310. The van der Waals surface area contributed by atoms with E-state index in [9.17, 15) is 9.59 Å². The molecule has 0 saturated heterocycles. The molecule has 2 aromatic rings. The van der Waals surface area contributed by atoms with Gasteiger partial charge in [-0.05, 0) is 34.9 Å². The third kappa shape index (κ3) is 3.98. The molecular formula is C21H26N2O2S. The van der Waals surface area contributed by atoms with E-state index in [0.29, 0.717) is 19.0 Å². The zero-order valence-corrected chi connectivity index (χ0v) is 16.5. The van der Waals surface area contributed by atoms with Crippen LogP contribution in [0.5, 0.6) is 0 Å². The minimum atomic E-state index is -0.0634. The van der Waals surface area contributed by atoms with Gasteiger partial charge in [0.05, 0.1) is 12.6 Å². The average Bonchev–Trinajstić information content (AvgIpc) is 3.09. The fourth-order valence-electron chi connectivity index (χ4n) is 3.58. The summed E-state index contributed by atoms with van der Waals surface area (Å²) in [7, 11) is 0. The fraction of sp³-hybridized carbons (Fsp3) is 0.429. The highest BCUT2D eigenvalue weighted by Crippen LogP contribution is 2.37. The molecule has 0 saturated carbocycles. The van der Waals surface area contributed by atoms with Gasteiger partial charge in [0, 0.05) is 24.9 Å². The van der Waals surface area contributed by atoms with Crippen LogP contribution in [-0.2, 0) is 16.0 Å². The third-order valence-electron chi connectivity index (χ3n) is 4.76. The molecule has 1 aliphatic rings. The van der Waals surface area contributed by atoms with Crippen LogP contribution in [0.1, 0.15) is 42.8 Å². The van der Waals surface area contributed by atoms with Crippen LogP contribution >= 0.6 is 11.3 Å². The molecule has 0 spiro atoms. The highest BCUT2D eigenvalue weighted by Gasteiger charge is 2.33. The van der Waals surface area contributed by atoms with Crippen molar-refractivity contribution in [1.29, 1.82) is 0 Å².